The highest BCUT2D eigenvalue weighted by Crippen LogP contribution is 2.26. The van der Waals surface area contributed by atoms with Gasteiger partial charge in [0.25, 0.3) is 0 Å². The summed E-state index contributed by atoms with van der Waals surface area (Å²) < 4.78 is 3.45. The molecule has 0 aromatic carbocycles. The van der Waals surface area contributed by atoms with Crippen LogP contribution in [0.1, 0.15) is 13.3 Å². The van der Waals surface area contributed by atoms with E-state index < -0.39 is 0 Å². The van der Waals surface area contributed by atoms with Gasteiger partial charge in [-0.1, -0.05) is 6.92 Å². The number of fused-ring (bicyclic) bond motifs is 3. The number of hydrogen-bond donors (Lipinski definition) is 1. The number of rotatable bonds is 2. The van der Waals surface area contributed by atoms with Crippen LogP contribution in [0.4, 0.5) is 5.82 Å². The Morgan fingerprint density at radius 1 is 1.50 bits per heavy atom. The molecular weight excluding hydrogens is 206 g/mol. The molecule has 0 unspecified atom stereocenters. The molecule has 84 valence electrons. The van der Waals surface area contributed by atoms with Crippen molar-refractivity contribution in [2.24, 2.45) is 0 Å². The molecular formula is C10H13N5O. The first-order chi connectivity index (χ1) is 7.83. The maximum Gasteiger partial charge on any atom is 0.331 e. The van der Waals surface area contributed by atoms with Gasteiger partial charge in [-0.2, -0.15) is 0 Å². The van der Waals surface area contributed by atoms with Crippen molar-refractivity contribution in [1.82, 2.24) is 19.1 Å². The van der Waals surface area contributed by atoms with Crippen molar-refractivity contribution < 1.29 is 0 Å². The molecule has 0 amide bonds. The van der Waals surface area contributed by atoms with E-state index in [0.717, 1.165) is 24.5 Å². The van der Waals surface area contributed by atoms with Crippen LogP contribution in [0, 0.1) is 0 Å². The fraction of sp³-hybridized carbons (Fsp3) is 0.500. The molecule has 0 saturated carbocycles. The minimum Gasteiger partial charge on any atom is -0.368 e. The summed E-state index contributed by atoms with van der Waals surface area (Å²) >= 11 is 0. The summed E-state index contributed by atoms with van der Waals surface area (Å²) in [5.74, 6) is 1.50. The summed E-state index contributed by atoms with van der Waals surface area (Å²) in [6.07, 6.45) is 2.42. The second-order valence-electron chi connectivity index (χ2n) is 3.91. The van der Waals surface area contributed by atoms with Crippen LogP contribution in [0.15, 0.2) is 11.1 Å². The highest BCUT2D eigenvalue weighted by molar-refractivity contribution is 5.68. The Morgan fingerprint density at radius 3 is 3.19 bits per heavy atom. The Bertz CT molecular complexity index is 555. The minimum absolute atomic E-state index is 0.00912. The molecule has 0 saturated heterocycles. The molecule has 0 aromatic heterocycles. The maximum atomic E-state index is 12.2. The lowest BCUT2D eigenvalue weighted by atomic mass is 10.3. The van der Waals surface area contributed by atoms with Crippen molar-refractivity contribution in [3.8, 4) is 11.5 Å². The third-order valence-corrected chi connectivity index (χ3v) is 2.87. The van der Waals surface area contributed by atoms with Gasteiger partial charge in [-0.25, -0.2) is 14.8 Å². The van der Waals surface area contributed by atoms with Gasteiger partial charge in [-0.05, 0) is 6.42 Å². The molecule has 0 fully saturated rings. The van der Waals surface area contributed by atoms with E-state index in [-0.39, 0.29) is 5.69 Å². The third kappa shape index (κ3) is 1.09. The minimum atomic E-state index is 0.00912. The fourth-order valence-electron chi connectivity index (χ4n) is 2.18. The zero-order valence-corrected chi connectivity index (χ0v) is 9.10. The molecule has 0 spiro atoms. The molecule has 3 aliphatic heterocycles. The normalized spacial score (nSPS) is 14.1. The summed E-state index contributed by atoms with van der Waals surface area (Å²) in [4.78, 5) is 20.6. The van der Waals surface area contributed by atoms with Crippen LogP contribution >= 0.6 is 0 Å². The van der Waals surface area contributed by atoms with Gasteiger partial charge in [0.1, 0.15) is 17.8 Å². The number of imidazole rings is 1. The SMILES string of the molecule is CCCn1c2ncnc-2c2n(c1=O)CCN2. The summed E-state index contributed by atoms with van der Waals surface area (Å²) in [5, 5.41) is 3.19. The quantitative estimate of drug-likeness (QED) is 0.793. The van der Waals surface area contributed by atoms with E-state index in [1.165, 1.54) is 6.33 Å². The molecule has 1 N–H and O–H groups in total. The summed E-state index contributed by atoms with van der Waals surface area (Å²) in [7, 11) is 0. The van der Waals surface area contributed by atoms with Gasteiger partial charge >= 0.3 is 5.69 Å². The average Bonchev–Trinajstić information content (AvgIpc) is 2.90. The zero-order valence-electron chi connectivity index (χ0n) is 9.10. The molecule has 3 heterocycles. The second-order valence-corrected chi connectivity index (χ2v) is 3.91. The lowest BCUT2D eigenvalue weighted by molar-refractivity contribution is 0.589. The topological polar surface area (TPSA) is 64.7 Å². The Morgan fingerprint density at radius 2 is 2.38 bits per heavy atom. The first kappa shape index (κ1) is 9.38. The van der Waals surface area contributed by atoms with Crippen LogP contribution in [0.5, 0.6) is 0 Å². The Labute approximate surface area is 92.3 Å². The first-order valence-corrected chi connectivity index (χ1v) is 5.51. The molecule has 6 nitrogen and oxygen atoms in total. The third-order valence-electron chi connectivity index (χ3n) is 2.87. The Hall–Kier alpha value is -1.85. The van der Waals surface area contributed by atoms with Crippen LogP contribution in [0.2, 0.25) is 0 Å². The lowest BCUT2D eigenvalue weighted by Crippen LogP contribution is -2.31. The van der Waals surface area contributed by atoms with Crippen molar-refractivity contribution in [3.63, 3.8) is 0 Å². The van der Waals surface area contributed by atoms with E-state index in [9.17, 15) is 4.79 Å². The van der Waals surface area contributed by atoms with E-state index in [4.69, 9.17) is 0 Å². The fourth-order valence-corrected chi connectivity index (χ4v) is 2.18. The molecule has 0 atom stereocenters. The van der Waals surface area contributed by atoms with Gasteiger partial charge < -0.3 is 5.32 Å². The molecule has 0 aliphatic carbocycles. The molecule has 6 heteroatoms. The van der Waals surface area contributed by atoms with Gasteiger partial charge in [0.05, 0.1) is 0 Å². The van der Waals surface area contributed by atoms with E-state index >= 15 is 0 Å². The van der Waals surface area contributed by atoms with Crippen LogP contribution in [-0.4, -0.2) is 25.6 Å². The van der Waals surface area contributed by atoms with Crippen molar-refractivity contribution in [2.75, 3.05) is 11.9 Å². The van der Waals surface area contributed by atoms with Gasteiger partial charge in [0, 0.05) is 19.6 Å². The van der Waals surface area contributed by atoms with Crippen molar-refractivity contribution in [3.05, 3.63) is 16.8 Å². The van der Waals surface area contributed by atoms with E-state index in [1.807, 2.05) is 6.92 Å². The Kier molecular flexibility index (Phi) is 1.95. The van der Waals surface area contributed by atoms with Gasteiger partial charge in [-0.3, -0.25) is 9.13 Å². The highest BCUT2D eigenvalue weighted by Gasteiger charge is 2.24. The average molecular weight is 219 g/mol. The van der Waals surface area contributed by atoms with Gasteiger partial charge in [0.2, 0.25) is 0 Å². The van der Waals surface area contributed by atoms with Crippen molar-refractivity contribution in [1.29, 1.82) is 0 Å². The van der Waals surface area contributed by atoms with Gasteiger partial charge in [-0.15, -0.1) is 0 Å². The number of hydrogen-bond acceptors (Lipinski definition) is 4. The lowest BCUT2D eigenvalue weighted by Gasteiger charge is -2.13. The van der Waals surface area contributed by atoms with Crippen LogP contribution in [0.25, 0.3) is 11.5 Å². The maximum absolute atomic E-state index is 12.2. The molecule has 0 radical (unpaired) electrons. The number of nitrogens with zero attached hydrogens (tertiary/aromatic N) is 4. The zero-order chi connectivity index (χ0) is 11.1. The van der Waals surface area contributed by atoms with Crippen LogP contribution in [0.3, 0.4) is 0 Å². The van der Waals surface area contributed by atoms with Gasteiger partial charge in [0.15, 0.2) is 5.82 Å². The monoisotopic (exact) mass is 219 g/mol. The van der Waals surface area contributed by atoms with Crippen molar-refractivity contribution >= 4 is 5.82 Å². The predicted molar refractivity (Wildman–Crippen MR) is 59.7 cm³/mol. The van der Waals surface area contributed by atoms with Crippen LogP contribution in [-0.2, 0) is 13.1 Å². The highest BCUT2D eigenvalue weighted by atomic mass is 16.1. The first-order valence-electron chi connectivity index (χ1n) is 5.51. The summed E-state index contributed by atoms with van der Waals surface area (Å²) in [5.41, 5.74) is 0.806. The smallest absolute Gasteiger partial charge is 0.331 e. The largest absolute Gasteiger partial charge is 0.368 e. The predicted octanol–water partition coefficient (Wildman–Crippen LogP) is 0.380. The standard InChI is InChI=1S/C10H13N5O/c1-2-4-14-9-7(12-6-13-9)8-11-3-5-15(8)10(14)16/h6,11H,2-5H2,1H3. The van der Waals surface area contributed by atoms with Crippen molar-refractivity contribution in [2.45, 2.75) is 26.4 Å². The summed E-state index contributed by atoms with van der Waals surface area (Å²) in [6, 6.07) is 0. The second kappa shape index (κ2) is 3.33. The van der Waals surface area contributed by atoms with Crippen LogP contribution < -0.4 is 11.0 Å². The number of aromatic nitrogens is 4. The van der Waals surface area contributed by atoms with E-state index in [1.54, 1.807) is 9.13 Å². The Balaban J connectivity index is 2.35. The molecule has 0 aromatic rings. The molecule has 3 rings (SSSR count). The van der Waals surface area contributed by atoms with E-state index in [2.05, 4.69) is 15.3 Å². The molecule has 0 bridgehead atoms. The number of nitrogens with one attached hydrogen (secondary N) is 1. The van der Waals surface area contributed by atoms with E-state index in [0.29, 0.717) is 18.9 Å². The molecule has 16 heavy (non-hydrogen) atoms. The molecule has 3 aliphatic rings. The number of anilines is 1. The summed E-state index contributed by atoms with van der Waals surface area (Å²) in [6.45, 7) is 4.23.